The van der Waals surface area contributed by atoms with Crippen LogP contribution in [0.15, 0.2) is 24.3 Å². The summed E-state index contributed by atoms with van der Waals surface area (Å²) >= 11 is 5.73. The minimum absolute atomic E-state index is 0.331. The zero-order valence-corrected chi connectivity index (χ0v) is 8.99. The maximum atomic E-state index is 10.3. The Balaban J connectivity index is 2.97. The molecule has 15 heavy (non-hydrogen) atoms. The van der Waals surface area contributed by atoms with E-state index in [1.807, 2.05) is 0 Å². The lowest BCUT2D eigenvalue weighted by Crippen LogP contribution is -1.90. The quantitative estimate of drug-likeness (QED) is 0.634. The maximum absolute atomic E-state index is 10.3. The Labute approximate surface area is 92.9 Å². The Morgan fingerprint density at radius 1 is 1.60 bits per heavy atom. The number of carboxylic acids is 1. The third-order valence-electron chi connectivity index (χ3n) is 1.87. The lowest BCUT2D eigenvalue weighted by Gasteiger charge is -2.06. The SMILES string of the molecule is COc1ccc(C=CC(=O)O)cc1CCl. The number of benzene rings is 1. The van der Waals surface area contributed by atoms with E-state index in [1.165, 1.54) is 6.08 Å². The molecule has 1 rings (SSSR count). The Morgan fingerprint density at radius 3 is 2.87 bits per heavy atom. The fourth-order valence-corrected chi connectivity index (χ4v) is 1.38. The molecule has 0 saturated carbocycles. The van der Waals surface area contributed by atoms with Gasteiger partial charge in [0, 0.05) is 11.6 Å². The number of hydrogen-bond acceptors (Lipinski definition) is 2. The standard InChI is InChI=1S/C11H11ClO3/c1-15-10-4-2-8(3-5-11(13)14)6-9(10)7-12/h2-6H,7H2,1H3,(H,13,14). The molecular formula is C11H11ClO3. The number of alkyl halides is 1. The first kappa shape index (κ1) is 11.6. The Hall–Kier alpha value is -1.48. The zero-order chi connectivity index (χ0) is 11.3. The van der Waals surface area contributed by atoms with Crippen molar-refractivity contribution in [2.45, 2.75) is 5.88 Å². The van der Waals surface area contributed by atoms with E-state index in [9.17, 15) is 4.79 Å². The van der Waals surface area contributed by atoms with Gasteiger partial charge in [0.1, 0.15) is 5.75 Å². The van der Waals surface area contributed by atoms with Crippen LogP contribution in [0.1, 0.15) is 11.1 Å². The number of halogens is 1. The fourth-order valence-electron chi connectivity index (χ4n) is 1.17. The molecule has 80 valence electrons. The molecular weight excluding hydrogens is 216 g/mol. The smallest absolute Gasteiger partial charge is 0.328 e. The van der Waals surface area contributed by atoms with E-state index >= 15 is 0 Å². The lowest BCUT2D eigenvalue weighted by molar-refractivity contribution is -0.131. The van der Waals surface area contributed by atoms with Gasteiger partial charge in [-0.3, -0.25) is 0 Å². The summed E-state index contributed by atoms with van der Waals surface area (Å²) in [6.45, 7) is 0. The van der Waals surface area contributed by atoms with Gasteiger partial charge in [-0.15, -0.1) is 11.6 Å². The predicted octanol–water partition coefficient (Wildman–Crippen LogP) is 2.53. The molecule has 3 nitrogen and oxygen atoms in total. The van der Waals surface area contributed by atoms with Crippen molar-refractivity contribution in [1.29, 1.82) is 0 Å². The minimum atomic E-state index is -0.974. The van der Waals surface area contributed by atoms with Crippen molar-refractivity contribution < 1.29 is 14.6 Å². The molecule has 0 aromatic heterocycles. The molecule has 0 atom stereocenters. The first-order valence-electron chi connectivity index (χ1n) is 4.31. The second-order valence-corrected chi connectivity index (χ2v) is 3.14. The van der Waals surface area contributed by atoms with Crippen molar-refractivity contribution >= 4 is 23.6 Å². The predicted molar refractivity (Wildman–Crippen MR) is 59.2 cm³/mol. The molecule has 0 bridgehead atoms. The highest BCUT2D eigenvalue weighted by molar-refractivity contribution is 6.17. The lowest BCUT2D eigenvalue weighted by atomic mass is 10.1. The summed E-state index contributed by atoms with van der Waals surface area (Å²) in [5.74, 6) is 0.0634. The van der Waals surface area contributed by atoms with E-state index in [-0.39, 0.29) is 0 Å². The van der Waals surface area contributed by atoms with Gasteiger partial charge >= 0.3 is 5.97 Å². The molecule has 1 N–H and O–H groups in total. The van der Waals surface area contributed by atoms with Crippen molar-refractivity contribution in [1.82, 2.24) is 0 Å². The van der Waals surface area contributed by atoms with Crippen molar-refractivity contribution in [3.63, 3.8) is 0 Å². The molecule has 0 aliphatic rings. The van der Waals surface area contributed by atoms with Gasteiger partial charge in [0.2, 0.25) is 0 Å². The maximum Gasteiger partial charge on any atom is 0.328 e. The number of rotatable bonds is 4. The van der Waals surface area contributed by atoms with Crippen LogP contribution < -0.4 is 4.74 Å². The molecule has 0 heterocycles. The van der Waals surface area contributed by atoms with Crippen LogP contribution in [0, 0.1) is 0 Å². The van der Waals surface area contributed by atoms with Crippen LogP contribution in [0.25, 0.3) is 6.08 Å². The number of carbonyl (C=O) groups is 1. The average molecular weight is 227 g/mol. The van der Waals surface area contributed by atoms with E-state index < -0.39 is 5.97 Å². The molecule has 0 unspecified atom stereocenters. The number of hydrogen-bond donors (Lipinski definition) is 1. The van der Waals surface area contributed by atoms with Gasteiger partial charge in [-0.25, -0.2) is 4.79 Å². The zero-order valence-electron chi connectivity index (χ0n) is 8.24. The largest absolute Gasteiger partial charge is 0.496 e. The number of ether oxygens (including phenoxy) is 1. The molecule has 0 aliphatic carbocycles. The summed E-state index contributed by atoms with van der Waals surface area (Å²) in [5.41, 5.74) is 1.63. The number of aliphatic carboxylic acids is 1. The first-order valence-corrected chi connectivity index (χ1v) is 4.84. The van der Waals surface area contributed by atoms with E-state index in [2.05, 4.69) is 0 Å². The molecule has 0 aliphatic heterocycles. The van der Waals surface area contributed by atoms with Crippen LogP contribution in [-0.2, 0) is 10.7 Å². The topological polar surface area (TPSA) is 46.5 Å². The summed E-state index contributed by atoms with van der Waals surface area (Å²) in [6.07, 6.45) is 2.59. The summed E-state index contributed by atoms with van der Waals surface area (Å²) in [6, 6.07) is 5.33. The summed E-state index contributed by atoms with van der Waals surface area (Å²) in [7, 11) is 1.57. The van der Waals surface area contributed by atoms with Crippen LogP contribution in [-0.4, -0.2) is 18.2 Å². The molecule has 1 aromatic rings. The monoisotopic (exact) mass is 226 g/mol. The van der Waals surface area contributed by atoms with Gasteiger partial charge in [-0.05, 0) is 23.8 Å². The number of carboxylic acid groups (broad SMARTS) is 1. The highest BCUT2D eigenvalue weighted by Crippen LogP contribution is 2.22. The average Bonchev–Trinajstić information content (AvgIpc) is 2.25. The van der Waals surface area contributed by atoms with Crippen LogP contribution in [0.2, 0.25) is 0 Å². The van der Waals surface area contributed by atoms with Crippen LogP contribution in [0.4, 0.5) is 0 Å². The van der Waals surface area contributed by atoms with E-state index in [1.54, 1.807) is 25.3 Å². The fraction of sp³-hybridized carbons (Fsp3) is 0.182. The molecule has 0 amide bonds. The highest BCUT2D eigenvalue weighted by Gasteiger charge is 2.01. The third-order valence-corrected chi connectivity index (χ3v) is 2.15. The van der Waals surface area contributed by atoms with Crippen LogP contribution >= 0.6 is 11.6 Å². The van der Waals surface area contributed by atoms with Crippen molar-refractivity contribution in [2.24, 2.45) is 0 Å². The second kappa shape index (κ2) is 5.41. The Bertz CT molecular complexity index is 385. The van der Waals surface area contributed by atoms with Gasteiger partial charge in [-0.1, -0.05) is 6.07 Å². The second-order valence-electron chi connectivity index (χ2n) is 2.88. The van der Waals surface area contributed by atoms with Crippen molar-refractivity contribution in [3.05, 3.63) is 35.4 Å². The van der Waals surface area contributed by atoms with Gasteiger partial charge < -0.3 is 9.84 Å². The van der Waals surface area contributed by atoms with Gasteiger partial charge in [0.05, 0.1) is 13.0 Å². The summed E-state index contributed by atoms with van der Waals surface area (Å²) < 4.78 is 5.09. The van der Waals surface area contributed by atoms with E-state index in [4.69, 9.17) is 21.4 Å². The van der Waals surface area contributed by atoms with Crippen LogP contribution in [0.5, 0.6) is 5.75 Å². The molecule has 1 aromatic carbocycles. The molecule has 4 heteroatoms. The minimum Gasteiger partial charge on any atom is -0.496 e. The van der Waals surface area contributed by atoms with Crippen molar-refractivity contribution in [3.8, 4) is 5.75 Å². The Kier molecular flexibility index (Phi) is 4.18. The molecule has 0 radical (unpaired) electrons. The molecule has 0 fully saturated rings. The van der Waals surface area contributed by atoms with Gasteiger partial charge in [0.25, 0.3) is 0 Å². The Morgan fingerprint density at radius 2 is 2.33 bits per heavy atom. The van der Waals surface area contributed by atoms with Gasteiger partial charge in [-0.2, -0.15) is 0 Å². The van der Waals surface area contributed by atoms with E-state index in [0.29, 0.717) is 11.6 Å². The third kappa shape index (κ3) is 3.29. The van der Waals surface area contributed by atoms with Crippen LogP contribution in [0.3, 0.4) is 0 Å². The molecule has 0 spiro atoms. The normalized spacial score (nSPS) is 10.5. The summed E-state index contributed by atoms with van der Waals surface area (Å²) in [4.78, 5) is 10.3. The first-order chi connectivity index (χ1) is 7.17. The summed E-state index contributed by atoms with van der Waals surface area (Å²) in [5, 5.41) is 8.46. The van der Waals surface area contributed by atoms with E-state index in [0.717, 1.165) is 17.2 Å². The number of methoxy groups -OCH3 is 1. The highest BCUT2D eigenvalue weighted by atomic mass is 35.5. The van der Waals surface area contributed by atoms with Crippen molar-refractivity contribution in [2.75, 3.05) is 7.11 Å². The molecule has 0 saturated heterocycles. The van der Waals surface area contributed by atoms with Gasteiger partial charge in [0.15, 0.2) is 0 Å².